The molecule has 1 rings (SSSR count). The van der Waals surface area contributed by atoms with E-state index in [1.165, 1.54) is 0 Å². The van der Waals surface area contributed by atoms with Gasteiger partial charge in [-0.25, -0.2) is 0 Å². The second-order valence-corrected chi connectivity index (χ2v) is 4.88. The molecule has 8 heteroatoms. The number of rotatable bonds is 7. The third-order valence-corrected chi connectivity index (χ3v) is 3.37. The third-order valence-electron chi connectivity index (χ3n) is 2.94. The molecule has 0 saturated heterocycles. The summed E-state index contributed by atoms with van der Waals surface area (Å²) in [6, 6.07) is -0.255. The van der Waals surface area contributed by atoms with E-state index in [-0.39, 0.29) is 12.6 Å². The molecule has 4 nitrogen and oxygen atoms in total. The minimum Gasteiger partial charge on any atom is -0.370 e. The highest BCUT2D eigenvalue weighted by Gasteiger charge is 2.28. The molecular weight excluding hydrogens is 295 g/mol. The minimum absolute atomic E-state index is 0.0427. The quantitative estimate of drug-likeness (QED) is 0.840. The molecule has 1 heterocycles. The minimum atomic E-state index is -4.31. The van der Waals surface area contributed by atoms with Crippen LogP contribution in [0, 0.1) is 0 Å². The van der Waals surface area contributed by atoms with Crippen molar-refractivity contribution in [1.29, 1.82) is 0 Å². The van der Waals surface area contributed by atoms with Crippen molar-refractivity contribution in [3.05, 3.63) is 16.4 Å². The summed E-state index contributed by atoms with van der Waals surface area (Å²) in [7, 11) is 3.44. The Kier molecular flexibility index (Phi) is 6.29. The molecule has 0 radical (unpaired) electrons. The van der Waals surface area contributed by atoms with E-state index in [1.807, 2.05) is 6.92 Å². The highest BCUT2D eigenvalue weighted by Crippen LogP contribution is 2.22. The van der Waals surface area contributed by atoms with Crippen LogP contribution in [-0.2, 0) is 24.6 Å². The number of ether oxygens (including phenoxy) is 1. The average molecular weight is 314 g/mol. The lowest BCUT2D eigenvalue weighted by molar-refractivity contribution is -0.175. The molecule has 116 valence electrons. The number of nitrogens with one attached hydrogen (secondary N) is 1. The van der Waals surface area contributed by atoms with Crippen LogP contribution in [0.4, 0.5) is 13.2 Å². The summed E-state index contributed by atoms with van der Waals surface area (Å²) >= 11 is 6.21. The molecule has 0 aliphatic heterocycles. The molecule has 20 heavy (non-hydrogen) atoms. The Labute approximate surface area is 121 Å². The van der Waals surface area contributed by atoms with E-state index in [1.54, 1.807) is 18.8 Å². The molecule has 0 fully saturated rings. The van der Waals surface area contributed by atoms with E-state index in [4.69, 9.17) is 11.6 Å². The molecule has 1 atom stereocenters. The Morgan fingerprint density at radius 2 is 2.10 bits per heavy atom. The molecule has 0 bridgehead atoms. The van der Waals surface area contributed by atoms with Gasteiger partial charge in [0.1, 0.15) is 6.61 Å². The molecule has 1 aromatic rings. The van der Waals surface area contributed by atoms with Crippen LogP contribution < -0.4 is 5.32 Å². The van der Waals surface area contributed by atoms with Gasteiger partial charge in [0.25, 0.3) is 0 Å². The van der Waals surface area contributed by atoms with Gasteiger partial charge < -0.3 is 10.1 Å². The summed E-state index contributed by atoms with van der Waals surface area (Å²) in [6.07, 6.45) is -3.14. The van der Waals surface area contributed by atoms with Gasteiger partial charge in [-0.3, -0.25) is 4.68 Å². The third kappa shape index (κ3) is 4.96. The van der Waals surface area contributed by atoms with E-state index in [0.29, 0.717) is 17.9 Å². The van der Waals surface area contributed by atoms with Crippen molar-refractivity contribution in [1.82, 2.24) is 15.1 Å². The summed E-state index contributed by atoms with van der Waals surface area (Å²) in [5.74, 6) is 0. The molecule has 0 saturated carbocycles. The number of hydrogen-bond acceptors (Lipinski definition) is 3. The first kappa shape index (κ1) is 17.3. The largest absolute Gasteiger partial charge is 0.411 e. The first-order valence-electron chi connectivity index (χ1n) is 6.30. The molecule has 0 spiro atoms. The number of hydrogen-bond donors (Lipinski definition) is 1. The first-order chi connectivity index (χ1) is 9.28. The Morgan fingerprint density at radius 3 is 2.55 bits per heavy atom. The van der Waals surface area contributed by atoms with Crippen LogP contribution in [0.1, 0.15) is 18.3 Å². The molecule has 0 aliphatic rings. The average Bonchev–Trinajstić information content (AvgIpc) is 2.63. The van der Waals surface area contributed by atoms with Gasteiger partial charge in [0.05, 0.1) is 23.0 Å². The predicted octanol–water partition coefficient (Wildman–Crippen LogP) is 2.35. The van der Waals surface area contributed by atoms with E-state index in [9.17, 15) is 13.2 Å². The highest BCUT2D eigenvalue weighted by molar-refractivity contribution is 6.31. The SMILES string of the molecule is CCc1nn(C)c(CC(COCC(F)(F)F)NC)c1Cl. The van der Waals surface area contributed by atoms with Crippen molar-refractivity contribution < 1.29 is 17.9 Å². The van der Waals surface area contributed by atoms with Crippen molar-refractivity contribution in [3.63, 3.8) is 0 Å². The monoisotopic (exact) mass is 313 g/mol. The van der Waals surface area contributed by atoms with Gasteiger partial charge in [-0.2, -0.15) is 18.3 Å². The second-order valence-electron chi connectivity index (χ2n) is 4.50. The maximum atomic E-state index is 12.0. The summed E-state index contributed by atoms with van der Waals surface area (Å²) in [5.41, 5.74) is 1.58. The van der Waals surface area contributed by atoms with Gasteiger partial charge in [0.15, 0.2) is 0 Å². The zero-order chi connectivity index (χ0) is 15.3. The van der Waals surface area contributed by atoms with E-state index in [2.05, 4.69) is 15.2 Å². The fraction of sp³-hybridized carbons (Fsp3) is 0.750. The van der Waals surface area contributed by atoms with E-state index < -0.39 is 12.8 Å². The Morgan fingerprint density at radius 1 is 1.45 bits per heavy atom. The Bertz CT molecular complexity index is 434. The summed E-state index contributed by atoms with van der Waals surface area (Å²) in [6.45, 7) is 0.656. The van der Waals surface area contributed by atoms with Crippen LogP contribution in [0.3, 0.4) is 0 Å². The van der Waals surface area contributed by atoms with Crippen molar-refractivity contribution in [2.45, 2.75) is 32.0 Å². The lowest BCUT2D eigenvalue weighted by atomic mass is 10.1. The standard InChI is InChI=1S/C12H19ClF3N3O/c1-4-9-11(13)10(19(3)18-9)5-8(17-2)6-20-7-12(14,15)16/h8,17H,4-7H2,1-3H3. The molecule has 0 aliphatic carbocycles. The topological polar surface area (TPSA) is 39.1 Å². The summed E-state index contributed by atoms with van der Waals surface area (Å²) in [5, 5.41) is 7.77. The lowest BCUT2D eigenvalue weighted by Crippen LogP contribution is -2.34. The van der Waals surface area contributed by atoms with Crippen molar-refractivity contribution in [2.24, 2.45) is 7.05 Å². The number of alkyl halides is 3. The van der Waals surface area contributed by atoms with Crippen LogP contribution in [0.5, 0.6) is 0 Å². The van der Waals surface area contributed by atoms with Gasteiger partial charge in [-0.1, -0.05) is 18.5 Å². The Hall–Kier alpha value is -0.790. The molecule has 0 amide bonds. The number of aryl methyl sites for hydroxylation is 2. The lowest BCUT2D eigenvalue weighted by Gasteiger charge is -2.17. The van der Waals surface area contributed by atoms with Crippen molar-refractivity contribution in [3.8, 4) is 0 Å². The number of nitrogens with zero attached hydrogens (tertiary/aromatic N) is 2. The van der Waals surface area contributed by atoms with Crippen LogP contribution in [0.25, 0.3) is 0 Å². The van der Waals surface area contributed by atoms with Crippen molar-refractivity contribution >= 4 is 11.6 Å². The van der Waals surface area contributed by atoms with Gasteiger partial charge in [-0.15, -0.1) is 0 Å². The highest BCUT2D eigenvalue weighted by atomic mass is 35.5. The first-order valence-corrected chi connectivity index (χ1v) is 6.68. The molecule has 1 aromatic heterocycles. The Balaban J connectivity index is 2.62. The number of aromatic nitrogens is 2. The second kappa shape index (κ2) is 7.28. The zero-order valence-corrected chi connectivity index (χ0v) is 12.5. The maximum Gasteiger partial charge on any atom is 0.411 e. The fourth-order valence-electron chi connectivity index (χ4n) is 1.84. The summed E-state index contributed by atoms with van der Waals surface area (Å²) in [4.78, 5) is 0. The fourth-order valence-corrected chi connectivity index (χ4v) is 2.21. The van der Waals surface area contributed by atoms with E-state index >= 15 is 0 Å². The van der Waals surface area contributed by atoms with Crippen LogP contribution in [-0.4, -0.2) is 42.3 Å². The molecule has 1 N–H and O–H groups in total. The number of halogens is 4. The van der Waals surface area contributed by atoms with Crippen molar-refractivity contribution in [2.75, 3.05) is 20.3 Å². The molecule has 1 unspecified atom stereocenters. The van der Waals surface area contributed by atoms with Gasteiger partial charge in [-0.05, 0) is 13.5 Å². The zero-order valence-electron chi connectivity index (χ0n) is 11.7. The predicted molar refractivity (Wildman–Crippen MR) is 71.0 cm³/mol. The van der Waals surface area contributed by atoms with Crippen LogP contribution >= 0.6 is 11.6 Å². The van der Waals surface area contributed by atoms with E-state index in [0.717, 1.165) is 11.4 Å². The smallest absolute Gasteiger partial charge is 0.370 e. The maximum absolute atomic E-state index is 12.0. The number of likely N-dealkylation sites (N-methyl/N-ethyl adjacent to an activating group) is 1. The molecular formula is C12H19ClF3N3O. The van der Waals surface area contributed by atoms with Gasteiger partial charge in [0.2, 0.25) is 0 Å². The summed E-state index contributed by atoms with van der Waals surface area (Å²) < 4.78 is 42.4. The van der Waals surface area contributed by atoms with Gasteiger partial charge in [0, 0.05) is 19.5 Å². The van der Waals surface area contributed by atoms with Crippen LogP contribution in [0.2, 0.25) is 5.02 Å². The normalized spacial score (nSPS) is 13.8. The van der Waals surface area contributed by atoms with Gasteiger partial charge >= 0.3 is 6.18 Å². The molecule has 0 aromatic carbocycles. The van der Waals surface area contributed by atoms with Crippen LogP contribution in [0.15, 0.2) is 0 Å².